The molecule has 7 heteroatoms. The summed E-state index contributed by atoms with van der Waals surface area (Å²) in [6.07, 6.45) is 10.4. The zero-order valence-electron chi connectivity index (χ0n) is 17.4. The lowest BCUT2D eigenvalue weighted by Gasteiger charge is -2.37. The Balaban J connectivity index is 1.31. The zero-order valence-corrected chi connectivity index (χ0v) is 17.4. The Bertz CT molecular complexity index is 808. The summed E-state index contributed by atoms with van der Waals surface area (Å²) in [5.41, 5.74) is 0.885. The molecule has 0 radical (unpaired) electrons. The molecule has 0 amide bonds. The highest BCUT2D eigenvalue weighted by Gasteiger charge is 2.44. The molecular formula is C22H32N4O3. The van der Waals surface area contributed by atoms with Crippen molar-refractivity contribution in [1.29, 1.82) is 0 Å². The number of rotatable bonds is 7. The summed E-state index contributed by atoms with van der Waals surface area (Å²) in [5, 5.41) is 18.9. The number of hydrogen-bond donors (Lipinski definition) is 1. The number of aromatic nitrogens is 3. The molecule has 3 aliphatic rings. The van der Waals surface area contributed by atoms with Crippen LogP contribution in [0.15, 0.2) is 29.2 Å². The second-order valence-corrected chi connectivity index (χ2v) is 9.84. The van der Waals surface area contributed by atoms with Gasteiger partial charge in [0.05, 0.1) is 30.9 Å². The first-order valence-corrected chi connectivity index (χ1v) is 11.0. The molecule has 2 aliphatic carbocycles. The third-order valence-electron chi connectivity index (χ3n) is 6.87. The summed E-state index contributed by atoms with van der Waals surface area (Å²) in [6, 6.07) is 2.24. The Morgan fingerprint density at radius 2 is 2.03 bits per heavy atom. The van der Waals surface area contributed by atoms with Crippen molar-refractivity contribution in [2.24, 2.45) is 17.8 Å². The number of fused-ring (bicyclic) bond motifs is 1. The summed E-state index contributed by atoms with van der Waals surface area (Å²) in [4.78, 5) is 2.55. The molecule has 1 aliphatic heterocycles. The summed E-state index contributed by atoms with van der Waals surface area (Å²) in [5.74, 6) is 2.05. The van der Waals surface area contributed by atoms with E-state index < -0.39 is 5.60 Å². The molecule has 2 aromatic rings. The molecule has 2 aromatic heterocycles. The van der Waals surface area contributed by atoms with Crippen LogP contribution in [0, 0.1) is 17.8 Å². The van der Waals surface area contributed by atoms with Crippen molar-refractivity contribution >= 4 is 0 Å². The van der Waals surface area contributed by atoms with E-state index in [0.717, 1.165) is 45.0 Å². The monoisotopic (exact) mass is 400 g/mol. The molecule has 5 rings (SSSR count). The highest BCUT2D eigenvalue weighted by atomic mass is 16.5. The first kappa shape index (κ1) is 19.3. The SMILES string of the molecule is CC(C)(O)c1cn([C@@H]2C[C@@H]3CN(Cc4ccoc4)C[C@@H]3C[C@H]2OCC2CC2)nn1. The molecule has 0 bridgehead atoms. The van der Waals surface area contributed by atoms with Crippen molar-refractivity contribution < 1.29 is 14.3 Å². The Labute approximate surface area is 172 Å². The molecule has 7 nitrogen and oxygen atoms in total. The molecule has 0 spiro atoms. The van der Waals surface area contributed by atoms with Crippen LogP contribution in [-0.4, -0.2) is 50.8 Å². The maximum absolute atomic E-state index is 10.3. The first-order chi connectivity index (χ1) is 14.0. The summed E-state index contributed by atoms with van der Waals surface area (Å²) in [7, 11) is 0. The Morgan fingerprint density at radius 1 is 1.24 bits per heavy atom. The van der Waals surface area contributed by atoms with E-state index in [1.165, 1.54) is 18.4 Å². The van der Waals surface area contributed by atoms with Gasteiger partial charge in [-0.15, -0.1) is 5.10 Å². The number of furan rings is 1. The topological polar surface area (TPSA) is 76.5 Å². The molecule has 1 N–H and O–H groups in total. The van der Waals surface area contributed by atoms with E-state index in [0.29, 0.717) is 17.5 Å². The average Bonchev–Trinajstić information content (AvgIpc) is 3.07. The lowest BCUT2D eigenvalue weighted by atomic mass is 9.77. The van der Waals surface area contributed by atoms with E-state index in [9.17, 15) is 5.11 Å². The van der Waals surface area contributed by atoms with Gasteiger partial charge in [-0.1, -0.05) is 5.21 Å². The first-order valence-electron chi connectivity index (χ1n) is 11.0. The van der Waals surface area contributed by atoms with Gasteiger partial charge < -0.3 is 14.3 Å². The molecule has 1 saturated heterocycles. The van der Waals surface area contributed by atoms with Gasteiger partial charge in [0, 0.05) is 31.8 Å². The number of nitrogens with zero attached hydrogens (tertiary/aromatic N) is 4. The van der Waals surface area contributed by atoms with Crippen molar-refractivity contribution in [2.75, 3.05) is 19.7 Å². The van der Waals surface area contributed by atoms with Crippen LogP contribution in [0.3, 0.4) is 0 Å². The summed E-state index contributed by atoms with van der Waals surface area (Å²) in [6.45, 7) is 7.55. The maximum Gasteiger partial charge on any atom is 0.114 e. The van der Waals surface area contributed by atoms with Gasteiger partial charge in [0.25, 0.3) is 0 Å². The third-order valence-corrected chi connectivity index (χ3v) is 6.87. The van der Waals surface area contributed by atoms with Gasteiger partial charge in [0.15, 0.2) is 0 Å². The number of ether oxygens (including phenoxy) is 1. The Hall–Kier alpha value is -1.70. The lowest BCUT2D eigenvalue weighted by Crippen LogP contribution is -2.38. The Kier molecular flexibility index (Phi) is 5.00. The molecule has 29 heavy (non-hydrogen) atoms. The fourth-order valence-corrected chi connectivity index (χ4v) is 4.98. The minimum Gasteiger partial charge on any atom is -0.472 e. The lowest BCUT2D eigenvalue weighted by molar-refractivity contribution is -0.0376. The van der Waals surface area contributed by atoms with Gasteiger partial charge >= 0.3 is 0 Å². The van der Waals surface area contributed by atoms with Gasteiger partial charge in [-0.05, 0) is 63.4 Å². The van der Waals surface area contributed by atoms with E-state index in [1.807, 2.05) is 17.1 Å². The van der Waals surface area contributed by atoms with Gasteiger partial charge in [-0.25, -0.2) is 4.68 Å². The van der Waals surface area contributed by atoms with Gasteiger partial charge in [0.2, 0.25) is 0 Å². The largest absolute Gasteiger partial charge is 0.472 e. The molecule has 3 heterocycles. The van der Waals surface area contributed by atoms with Crippen molar-refractivity contribution in [3.05, 3.63) is 36.0 Å². The highest BCUT2D eigenvalue weighted by molar-refractivity contribution is 5.07. The second kappa shape index (κ2) is 7.52. The van der Waals surface area contributed by atoms with Gasteiger partial charge in [0.1, 0.15) is 11.3 Å². The van der Waals surface area contributed by atoms with E-state index in [-0.39, 0.29) is 12.1 Å². The van der Waals surface area contributed by atoms with Gasteiger partial charge in [-0.2, -0.15) is 0 Å². The van der Waals surface area contributed by atoms with Crippen LogP contribution in [0.25, 0.3) is 0 Å². The minimum atomic E-state index is -0.978. The highest BCUT2D eigenvalue weighted by Crippen LogP contribution is 2.43. The van der Waals surface area contributed by atoms with Crippen LogP contribution in [0.2, 0.25) is 0 Å². The molecule has 0 aromatic carbocycles. The van der Waals surface area contributed by atoms with E-state index in [1.54, 1.807) is 20.1 Å². The number of hydrogen-bond acceptors (Lipinski definition) is 6. The average molecular weight is 401 g/mol. The van der Waals surface area contributed by atoms with Crippen LogP contribution < -0.4 is 0 Å². The standard InChI is InChI=1S/C22H32N4O3/c1-22(2,27)21-12-26(24-23-21)19-7-17-10-25(9-16-5-6-28-13-16)11-18(17)8-20(19)29-14-15-3-4-15/h5-6,12-13,15,17-20,27H,3-4,7-11,14H2,1-2H3/t17-,18+,19-,20-/m1/s1. The molecule has 3 fully saturated rings. The van der Waals surface area contributed by atoms with Crippen LogP contribution >= 0.6 is 0 Å². The summed E-state index contributed by atoms with van der Waals surface area (Å²) >= 11 is 0. The molecule has 4 atom stereocenters. The van der Waals surface area contributed by atoms with Crippen LogP contribution in [-0.2, 0) is 16.9 Å². The fourth-order valence-electron chi connectivity index (χ4n) is 4.98. The van der Waals surface area contributed by atoms with Crippen molar-refractivity contribution in [3.63, 3.8) is 0 Å². The number of likely N-dealkylation sites (tertiary alicyclic amines) is 1. The van der Waals surface area contributed by atoms with Crippen LogP contribution in [0.1, 0.15) is 56.8 Å². The molecule has 2 saturated carbocycles. The molecule has 0 unspecified atom stereocenters. The van der Waals surface area contributed by atoms with Crippen molar-refractivity contribution in [3.8, 4) is 0 Å². The predicted octanol–water partition coefficient (Wildman–Crippen LogP) is 2.98. The van der Waals surface area contributed by atoms with E-state index in [4.69, 9.17) is 9.15 Å². The van der Waals surface area contributed by atoms with Crippen LogP contribution in [0.4, 0.5) is 0 Å². The third kappa shape index (κ3) is 4.27. The normalized spacial score (nSPS) is 30.6. The predicted molar refractivity (Wildman–Crippen MR) is 107 cm³/mol. The number of aliphatic hydroxyl groups is 1. The van der Waals surface area contributed by atoms with E-state index >= 15 is 0 Å². The second-order valence-electron chi connectivity index (χ2n) is 9.84. The Morgan fingerprint density at radius 3 is 2.69 bits per heavy atom. The van der Waals surface area contributed by atoms with Gasteiger partial charge in [-0.3, -0.25) is 4.90 Å². The minimum absolute atomic E-state index is 0.169. The van der Waals surface area contributed by atoms with Crippen molar-refractivity contribution in [2.45, 2.75) is 63.8 Å². The molecule has 158 valence electrons. The summed E-state index contributed by atoms with van der Waals surface area (Å²) < 4.78 is 13.6. The quantitative estimate of drug-likeness (QED) is 0.770. The van der Waals surface area contributed by atoms with Crippen LogP contribution in [0.5, 0.6) is 0 Å². The zero-order chi connectivity index (χ0) is 20.0. The van der Waals surface area contributed by atoms with E-state index in [2.05, 4.69) is 21.3 Å². The molecular weight excluding hydrogens is 368 g/mol. The maximum atomic E-state index is 10.3. The van der Waals surface area contributed by atoms with Crippen molar-refractivity contribution in [1.82, 2.24) is 19.9 Å². The fraction of sp³-hybridized carbons (Fsp3) is 0.727. The smallest absolute Gasteiger partial charge is 0.114 e.